The van der Waals surface area contributed by atoms with Crippen molar-refractivity contribution in [3.63, 3.8) is 0 Å². The molecule has 0 aliphatic heterocycles. The minimum atomic E-state index is -4.27. The number of hydrogen-bond acceptors (Lipinski definition) is 0. The molecule has 0 fully saturated rings. The molecule has 1 atom stereocenters. The highest BCUT2D eigenvalue weighted by molar-refractivity contribution is 9.09. The minimum absolute atomic E-state index is 0.102. The van der Waals surface area contributed by atoms with E-state index < -0.39 is 11.7 Å². The van der Waals surface area contributed by atoms with Crippen LogP contribution in [0.5, 0.6) is 0 Å². The number of hydrogen-bond donors (Lipinski definition) is 0. The van der Waals surface area contributed by atoms with E-state index in [4.69, 9.17) is 0 Å². The van der Waals surface area contributed by atoms with Crippen molar-refractivity contribution in [2.45, 2.75) is 17.4 Å². The summed E-state index contributed by atoms with van der Waals surface area (Å²) in [7, 11) is 0. The lowest BCUT2D eigenvalue weighted by atomic mass is 10.0. The Morgan fingerprint density at radius 3 is 2.00 bits per heavy atom. The van der Waals surface area contributed by atoms with E-state index in [9.17, 15) is 13.2 Å². The Kier molecular flexibility index (Phi) is 4.30. The van der Waals surface area contributed by atoms with Crippen LogP contribution in [0.2, 0.25) is 0 Å². The molecule has 0 aliphatic rings. The van der Waals surface area contributed by atoms with Crippen molar-refractivity contribution >= 4 is 15.9 Å². The van der Waals surface area contributed by atoms with Crippen molar-refractivity contribution in [2.24, 2.45) is 0 Å². The van der Waals surface area contributed by atoms with Gasteiger partial charge in [-0.1, -0.05) is 58.4 Å². The first kappa shape index (κ1) is 14.1. The predicted molar refractivity (Wildman–Crippen MR) is 73.3 cm³/mol. The van der Waals surface area contributed by atoms with E-state index in [1.165, 1.54) is 12.1 Å². The molecular formula is C15H12BrF3. The van der Waals surface area contributed by atoms with Gasteiger partial charge in [0.15, 0.2) is 0 Å². The lowest BCUT2D eigenvalue weighted by molar-refractivity contribution is -0.137. The van der Waals surface area contributed by atoms with Crippen LogP contribution in [-0.2, 0) is 12.6 Å². The molecule has 19 heavy (non-hydrogen) atoms. The molecule has 0 radical (unpaired) electrons. The molecule has 0 saturated heterocycles. The SMILES string of the molecule is FC(F)(F)c1ccc(CC(Br)c2ccccc2)cc1. The third-order valence-corrected chi connectivity index (χ3v) is 3.71. The fourth-order valence-electron chi connectivity index (χ4n) is 1.82. The summed E-state index contributed by atoms with van der Waals surface area (Å²) in [6.45, 7) is 0. The van der Waals surface area contributed by atoms with E-state index in [2.05, 4.69) is 15.9 Å². The van der Waals surface area contributed by atoms with Crippen LogP contribution in [0.15, 0.2) is 54.6 Å². The van der Waals surface area contributed by atoms with E-state index in [1.54, 1.807) is 0 Å². The molecule has 0 aliphatic carbocycles. The van der Waals surface area contributed by atoms with Crippen molar-refractivity contribution in [3.8, 4) is 0 Å². The van der Waals surface area contributed by atoms with Gasteiger partial charge in [-0.25, -0.2) is 0 Å². The second-order valence-electron chi connectivity index (χ2n) is 4.28. The van der Waals surface area contributed by atoms with Gasteiger partial charge in [-0.3, -0.25) is 0 Å². The molecule has 0 aromatic heterocycles. The normalized spacial score (nSPS) is 13.3. The Morgan fingerprint density at radius 1 is 0.895 bits per heavy atom. The molecule has 1 unspecified atom stereocenters. The molecule has 0 nitrogen and oxygen atoms in total. The summed E-state index contributed by atoms with van der Waals surface area (Å²) >= 11 is 3.56. The Labute approximate surface area is 118 Å². The van der Waals surface area contributed by atoms with Crippen LogP contribution >= 0.6 is 15.9 Å². The van der Waals surface area contributed by atoms with Crippen molar-refractivity contribution in [1.82, 2.24) is 0 Å². The van der Waals surface area contributed by atoms with Crippen molar-refractivity contribution in [2.75, 3.05) is 0 Å². The maximum Gasteiger partial charge on any atom is 0.416 e. The lowest BCUT2D eigenvalue weighted by Crippen LogP contribution is -2.04. The smallest absolute Gasteiger partial charge is 0.166 e. The monoisotopic (exact) mass is 328 g/mol. The zero-order chi connectivity index (χ0) is 13.9. The first-order valence-corrected chi connectivity index (χ1v) is 6.73. The predicted octanol–water partition coefficient (Wildman–Crippen LogP) is 5.38. The molecule has 2 rings (SSSR count). The quantitative estimate of drug-likeness (QED) is 0.663. The third-order valence-electron chi connectivity index (χ3n) is 2.86. The molecule has 4 heteroatoms. The van der Waals surface area contributed by atoms with E-state index in [0.717, 1.165) is 23.3 Å². The molecule has 2 aromatic carbocycles. The Bertz CT molecular complexity index is 517. The Morgan fingerprint density at radius 2 is 1.47 bits per heavy atom. The summed E-state index contributed by atoms with van der Waals surface area (Å²) in [5, 5.41) is 0. The second-order valence-corrected chi connectivity index (χ2v) is 5.38. The van der Waals surface area contributed by atoms with Gasteiger partial charge in [0, 0.05) is 4.83 Å². The lowest BCUT2D eigenvalue weighted by Gasteiger charge is -2.11. The molecule has 0 heterocycles. The summed E-state index contributed by atoms with van der Waals surface area (Å²) in [5.74, 6) is 0. The van der Waals surface area contributed by atoms with Crippen LogP contribution in [-0.4, -0.2) is 0 Å². The van der Waals surface area contributed by atoms with Crippen molar-refractivity contribution in [1.29, 1.82) is 0 Å². The summed E-state index contributed by atoms with van der Waals surface area (Å²) in [5.41, 5.74) is 1.38. The van der Waals surface area contributed by atoms with Crippen molar-refractivity contribution < 1.29 is 13.2 Å². The highest BCUT2D eigenvalue weighted by Gasteiger charge is 2.29. The van der Waals surface area contributed by atoms with E-state index in [0.29, 0.717) is 6.42 Å². The van der Waals surface area contributed by atoms with Crippen LogP contribution in [0.3, 0.4) is 0 Å². The van der Waals surface area contributed by atoms with Gasteiger partial charge >= 0.3 is 6.18 Å². The Hall–Kier alpha value is -1.29. The summed E-state index contributed by atoms with van der Waals surface area (Å²) < 4.78 is 37.3. The third kappa shape index (κ3) is 3.83. The maximum atomic E-state index is 12.4. The van der Waals surface area contributed by atoms with Crippen LogP contribution in [0.4, 0.5) is 13.2 Å². The van der Waals surface area contributed by atoms with Crippen LogP contribution in [0, 0.1) is 0 Å². The second kappa shape index (κ2) is 5.78. The highest BCUT2D eigenvalue weighted by Crippen LogP contribution is 2.31. The topological polar surface area (TPSA) is 0 Å². The van der Waals surface area contributed by atoms with Crippen LogP contribution < -0.4 is 0 Å². The van der Waals surface area contributed by atoms with Gasteiger partial charge < -0.3 is 0 Å². The van der Waals surface area contributed by atoms with Gasteiger partial charge in [0.2, 0.25) is 0 Å². The van der Waals surface area contributed by atoms with E-state index in [-0.39, 0.29) is 4.83 Å². The standard InChI is InChI=1S/C15H12BrF3/c16-14(12-4-2-1-3-5-12)10-11-6-8-13(9-7-11)15(17,18)19/h1-9,14H,10H2. The molecule has 2 aromatic rings. The molecule has 0 N–H and O–H groups in total. The van der Waals surface area contributed by atoms with Gasteiger partial charge in [0.25, 0.3) is 0 Å². The average Bonchev–Trinajstić information content (AvgIpc) is 2.39. The Balaban J connectivity index is 2.08. The van der Waals surface area contributed by atoms with Crippen molar-refractivity contribution in [3.05, 3.63) is 71.3 Å². The minimum Gasteiger partial charge on any atom is -0.166 e. The summed E-state index contributed by atoms with van der Waals surface area (Å²) in [4.78, 5) is 0.102. The molecule has 0 spiro atoms. The summed E-state index contributed by atoms with van der Waals surface area (Å²) in [6.07, 6.45) is -3.62. The van der Waals surface area contributed by atoms with Gasteiger partial charge in [-0.05, 0) is 29.7 Å². The fourth-order valence-corrected chi connectivity index (χ4v) is 2.50. The molecule has 0 saturated carbocycles. The largest absolute Gasteiger partial charge is 0.416 e. The van der Waals surface area contributed by atoms with Gasteiger partial charge in [-0.2, -0.15) is 13.2 Å². The van der Waals surface area contributed by atoms with E-state index >= 15 is 0 Å². The fraction of sp³-hybridized carbons (Fsp3) is 0.200. The van der Waals surface area contributed by atoms with E-state index in [1.807, 2.05) is 30.3 Å². The molecule has 0 amide bonds. The molecular weight excluding hydrogens is 317 g/mol. The van der Waals surface area contributed by atoms with Gasteiger partial charge in [-0.15, -0.1) is 0 Å². The molecule has 0 bridgehead atoms. The highest BCUT2D eigenvalue weighted by atomic mass is 79.9. The van der Waals surface area contributed by atoms with Crippen LogP contribution in [0.1, 0.15) is 21.5 Å². The summed E-state index contributed by atoms with van der Waals surface area (Å²) in [6, 6.07) is 15.1. The number of alkyl halides is 4. The average molecular weight is 329 g/mol. The first-order chi connectivity index (χ1) is 8.97. The van der Waals surface area contributed by atoms with Crippen LogP contribution in [0.25, 0.3) is 0 Å². The first-order valence-electron chi connectivity index (χ1n) is 5.82. The van der Waals surface area contributed by atoms with Gasteiger partial charge in [0.1, 0.15) is 0 Å². The maximum absolute atomic E-state index is 12.4. The number of rotatable bonds is 3. The zero-order valence-electron chi connectivity index (χ0n) is 9.99. The number of halogens is 4. The zero-order valence-corrected chi connectivity index (χ0v) is 11.6. The number of benzene rings is 2. The van der Waals surface area contributed by atoms with Gasteiger partial charge in [0.05, 0.1) is 5.56 Å². The molecule has 100 valence electrons.